The van der Waals surface area contributed by atoms with Crippen molar-refractivity contribution < 1.29 is 22.7 Å². The molecule has 2 aromatic carbocycles. The molecule has 6 nitrogen and oxygen atoms in total. The van der Waals surface area contributed by atoms with Crippen LogP contribution in [-0.2, 0) is 26.2 Å². The van der Waals surface area contributed by atoms with Crippen molar-refractivity contribution in [2.24, 2.45) is 0 Å². The van der Waals surface area contributed by atoms with E-state index in [2.05, 4.69) is 0 Å². The van der Waals surface area contributed by atoms with Crippen LogP contribution in [0.3, 0.4) is 0 Å². The fourth-order valence-corrected chi connectivity index (χ4v) is 4.84. The SMILES string of the molecule is COc1cccc(COC(=O)C2CCCCN2S(=O)(=O)c2ccccc2)c1. The maximum Gasteiger partial charge on any atom is 0.324 e. The summed E-state index contributed by atoms with van der Waals surface area (Å²) < 4.78 is 37.8. The van der Waals surface area contributed by atoms with Crippen LogP contribution >= 0.6 is 0 Å². The highest BCUT2D eigenvalue weighted by atomic mass is 32.2. The smallest absolute Gasteiger partial charge is 0.324 e. The molecule has 0 bridgehead atoms. The number of hydrogen-bond donors (Lipinski definition) is 0. The van der Waals surface area contributed by atoms with Gasteiger partial charge in [0.15, 0.2) is 0 Å². The maximum atomic E-state index is 13.0. The Bertz CT molecular complexity index is 882. The minimum atomic E-state index is -3.74. The molecule has 2 aromatic rings. The third-order valence-corrected chi connectivity index (χ3v) is 6.51. The van der Waals surface area contributed by atoms with E-state index in [9.17, 15) is 13.2 Å². The van der Waals surface area contributed by atoms with Crippen molar-refractivity contribution in [2.45, 2.75) is 36.8 Å². The average Bonchev–Trinajstić information content (AvgIpc) is 2.72. The van der Waals surface area contributed by atoms with E-state index in [0.29, 0.717) is 18.7 Å². The Morgan fingerprint density at radius 1 is 1.11 bits per heavy atom. The molecule has 1 aliphatic heterocycles. The Balaban J connectivity index is 1.74. The fourth-order valence-electron chi connectivity index (χ4n) is 3.17. The van der Waals surface area contributed by atoms with Crippen molar-refractivity contribution in [3.8, 4) is 5.75 Å². The molecule has 1 aliphatic rings. The highest BCUT2D eigenvalue weighted by Gasteiger charge is 2.38. The third-order valence-electron chi connectivity index (χ3n) is 4.59. The second-order valence-electron chi connectivity index (χ2n) is 6.40. The lowest BCUT2D eigenvalue weighted by atomic mass is 10.1. The van der Waals surface area contributed by atoms with Gasteiger partial charge in [0.2, 0.25) is 10.0 Å². The molecule has 1 heterocycles. The molecule has 0 saturated carbocycles. The first-order valence-corrected chi connectivity index (χ1v) is 10.3. The van der Waals surface area contributed by atoms with Gasteiger partial charge in [-0.15, -0.1) is 0 Å². The maximum absolute atomic E-state index is 13.0. The van der Waals surface area contributed by atoms with Gasteiger partial charge < -0.3 is 9.47 Å². The summed E-state index contributed by atoms with van der Waals surface area (Å²) in [7, 11) is -2.17. The molecule has 0 spiro atoms. The standard InChI is InChI=1S/C20H23NO5S/c1-25-17-9-7-8-16(14-17)15-26-20(22)19-12-5-6-13-21(19)27(23,24)18-10-3-2-4-11-18/h2-4,7-11,14,19H,5-6,12-13,15H2,1H3. The molecule has 144 valence electrons. The van der Waals surface area contributed by atoms with Crippen LogP contribution in [0.1, 0.15) is 24.8 Å². The van der Waals surface area contributed by atoms with Crippen molar-refractivity contribution in [2.75, 3.05) is 13.7 Å². The van der Waals surface area contributed by atoms with Crippen LogP contribution in [0.2, 0.25) is 0 Å². The number of esters is 1. The Kier molecular flexibility index (Phi) is 6.13. The molecule has 1 fully saturated rings. The summed E-state index contributed by atoms with van der Waals surface area (Å²) in [6, 6.07) is 14.6. The van der Waals surface area contributed by atoms with E-state index in [-0.39, 0.29) is 11.5 Å². The number of rotatable bonds is 6. The Hall–Kier alpha value is -2.38. The van der Waals surface area contributed by atoms with Crippen LogP contribution in [0.25, 0.3) is 0 Å². The topological polar surface area (TPSA) is 72.9 Å². The monoisotopic (exact) mass is 389 g/mol. The highest BCUT2D eigenvalue weighted by Crippen LogP contribution is 2.26. The van der Waals surface area contributed by atoms with Gasteiger partial charge in [0.1, 0.15) is 18.4 Å². The van der Waals surface area contributed by atoms with Crippen LogP contribution in [-0.4, -0.2) is 38.4 Å². The number of ether oxygens (including phenoxy) is 2. The third kappa shape index (κ3) is 4.48. The minimum absolute atomic E-state index is 0.0752. The quantitative estimate of drug-likeness (QED) is 0.710. The fraction of sp³-hybridized carbons (Fsp3) is 0.350. The van der Waals surface area contributed by atoms with E-state index >= 15 is 0 Å². The molecule has 0 amide bonds. The molecule has 27 heavy (non-hydrogen) atoms. The van der Waals surface area contributed by atoms with Gasteiger partial charge in [0, 0.05) is 6.54 Å². The van der Waals surface area contributed by atoms with Crippen LogP contribution in [0.5, 0.6) is 5.75 Å². The number of benzene rings is 2. The molecular formula is C20H23NO5S. The average molecular weight is 389 g/mol. The molecule has 0 N–H and O–H groups in total. The number of carbonyl (C=O) groups is 1. The van der Waals surface area contributed by atoms with Crippen LogP contribution in [0.15, 0.2) is 59.5 Å². The Morgan fingerprint density at radius 3 is 2.63 bits per heavy atom. The number of methoxy groups -OCH3 is 1. The van der Waals surface area contributed by atoms with Gasteiger partial charge in [-0.25, -0.2) is 8.42 Å². The number of carbonyl (C=O) groups excluding carboxylic acids is 1. The molecule has 0 aliphatic carbocycles. The molecule has 1 unspecified atom stereocenters. The van der Waals surface area contributed by atoms with E-state index in [4.69, 9.17) is 9.47 Å². The first-order valence-electron chi connectivity index (χ1n) is 8.89. The summed E-state index contributed by atoms with van der Waals surface area (Å²) in [4.78, 5) is 12.8. The number of piperidine rings is 1. The van der Waals surface area contributed by atoms with Gasteiger partial charge in [-0.2, -0.15) is 4.31 Å². The van der Waals surface area contributed by atoms with Crippen molar-refractivity contribution in [1.82, 2.24) is 4.31 Å². The summed E-state index contributed by atoms with van der Waals surface area (Å²) in [6.07, 6.45) is 1.98. The van der Waals surface area contributed by atoms with Gasteiger partial charge in [-0.05, 0) is 49.1 Å². The van der Waals surface area contributed by atoms with E-state index < -0.39 is 22.0 Å². The number of sulfonamides is 1. The van der Waals surface area contributed by atoms with E-state index in [0.717, 1.165) is 18.4 Å². The van der Waals surface area contributed by atoms with E-state index in [1.54, 1.807) is 49.6 Å². The molecule has 1 atom stereocenters. The molecule has 7 heteroatoms. The van der Waals surface area contributed by atoms with Gasteiger partial charge in [-0.3, -0.25) is 4.79 Å². The van der Waals surface area contributed by atoms with Crippen molar-refractivity contribution >= 4 is 16.0 Å². The van der Waals surface area contributed by atoms with Crippen LogP contribution in [0.4, 0.5) is 0 Å². The molecule has 1 saturated heterocycles. The number of nitrogens with zero attached hydrogens (tertiary/aromatic N) is 1. The lowest BCUT2D eigenvalue weighted by molar-refractivity contribution is -0.150. The first-order chi connectivity index (χ1) is 13.0. The van der Waals surface area contributed by atoms with Gasteiger partial charge in [-0.1, -0.05) is 30.3 Å². The lowest BCUT2D eigenvalue weighted by Crippen LogP contribution is -2.48. The zero-order chi connectivity index (χ0) is 19.3. The van der Waals surface area contributed by atoms with Crippen molar-refractivity contribution in [3.63, 3.8) is 0 Å². The number of hydrogen-bond acceptors (Lipinski definition) is 5. The normalized spacial score (nSPS) is 18.0. The summed E-state index contributed by atoms with van der Waals surface area (Å²) in [6.45, 7) is 0.391. The lowest BCUT2D eigenvalue weighted by Gasteiger charge is -2.33. The Labute approximate surface area is 159 Å². The van der Waals surface area contributed by atoms with E-state index in [1.165, 1.54) is 4.31 Å². The van der Waals surface area contributed by atoms with Gasteiger partial charge in [0.05, 0.1) is 12.0 Å². The first kappa shape index (κ1) is 19.4. The minimum Gasteiger partial charge on any atom is -0.497 e. The summed E-state index contributed by atoms with van der Waals surface area (Å²) in [5.74, 6) is 0.159. The van der Waals surface area contributed by atoms with E-state index in [1.807, 2.05) is 12.1 Å². The van der Waals surface area contributed by atoms with Gasteiger partial charge >= 0.3 is 5.97 Å². The predicted molar refractivity (Wildman–Crippen MR) is 101 cm³/mol. The highest BCUT2D eigenvalue weighted by molar-refractivity contribution is 7.89. The molecule has 0 aromatic heterocycles. The van der Waals surface area contributed by atoms with Crippen molar-refractivity contribution in [1.29, 1.82) is 0 Å². The van der Waals surface area contributed by atoms with Crippen molar-refractivity contribution in [3.05, 3.63) is 60.2 Å². The summed E-state index contributed by atoms with van der Waals surface area (Å²) in [5, 5.41) is 0. The Morgan fingerprint density at radius 2 is 1.89 bits per heavy atom. The zero-order valence-corrected chi connectivity index (χ0v) is 16.0. The summed E-state index contributed by atoms with van der Waals surface area (Å²) >= 11 is 0. The van der Waals surface area contributed by atoms with Gasteiger partial charge in [0.25, 0.3) is 0 Å². The molecular weight excluding hydrogens is 366 g/mol. The van der Waals surface area contributed by atoms with Crippen LogP contribution in [0, 0.1) is 0 Å². The second kappa shape index (κ2) is 8.54. The largest absolute Gasteiger partial charge is 0.497 e. The molecule has 0 radical (unpaired) electrons. The second-order valence-corrected chi connectivity index (χ2v) is 8.29. The zero-order valence-electron chi connectivity index (χ0n) is 15.2. The summed E-state index contributed by atoms with van der Waals surface area (Å²) in [5.41, 5.74) is 0.788. The van der Waals surface area contributed by atoms with Crippen LogP contribution < -0.4 is 4.74 Å². The molecule has 3 rings (SSSR count). The predicted octanol–water partition coefficient (Wildman–Crippen LogP) is 2.98.